The highest BCUT2D eigenvalue weighted by molar-refractivity contribution is 5.79. The van der Waals surface area contributed by atoms with Crippen molar-refractivity contribution in [2.24, 2.45) is 0 Å². The van der Waals surface area contributed by atoms with E-state index in [1.165, 1.54) is 0 Å². The van der Waals surface area contributed by atoms with Gasteiger partial charge in [-0.1, -0.05) is 17.3 Å². The van der Waals surface area contributed by atoms with Gasteiger partial charge in [0.05, 0.1) is 0 Å². The van der Waals surface area contributed by atoms with Gasteiger partial charge in [-0.25, -0.2) is 0 Å². The van der Waals surface area contributed by atoms with Crippen LogP contribution in [0.25, 0.3) is 11.0 Å². The number of aromatic nitrogens is 1. The largest absolute Gasteiger partial charge is 0.356 e. The molecular weight excluding hydrogens is 238 g/mol. The Morgan fingerprint density at radius 3 is 2.63 bits per heavy atom. The number of para-hydroxylation sites is 1. The topological polar surface area (TPSA) is 32.5 Å². The molecule has 0 N–H and O–H groups in total. The summed E-state index contributed by atoms with van der Waals surface area (Å²) in [5, 5.41) is 5.36. The van der Waals surface area contributed by atoms with Gasteiger partial charge in [0.2, 0.25) is 0 Å². The summed E-state index contributed by atoms with van der Waals surface area (Å²) in [5.74, 6) is 0. The molecule has 0 spiro atoms. The van der Waals surface area contributed by atoms with E-state index in [-0.39, 0.29) is 0 Å². The number of hydrogen-bond donors (Lipinski definition) is 0. The SMILES string of the molecule is CC(C)N1CCN(Cc2noc3ccccc23)CC1. The molecule has 0 amide bonds. The standard InChI is InChI=1S/C15H21N3O/c1-12(2)18-9-7-17(8-10-18)11-14-13-5-3-4-6-15(13)19-16-14/h3-6,12H,7-11H2,1-2H3. The molecule has 4 nitrogen and oxygen atoms in total. The Morgan fingerprint density at radius 2 is 1.89 bits per heavy atom. The van der Waals surface area contributed by atoms with Gasteiger partial charge < -0.3 is 4.52 Å². The summed E-state index contributed by atoms with van der Waals surface area (Å²) in [6.07, 6.45) is 0. The average Bonchev–Trinajstić information content (AvgIpc) is 2.83. The predicted molar refractivity (Wildman–Crippen MR) is 76.0 cm³/mol. The minimum Gasteiger partial charge on any atom is -0.356 e. The Hall–Kier alpha value is -1.39. The molecule has 1 fully saturated rings. The molecule has 102 valence electrons. The van der Waals surface area contributed by atoms with E-state index < -0.39 is 0 Å². The molecule has 0 aliphatic carbocycles. The Kier molecular flexibility index (Phi) is 3.53. The zero-order chi connectivity index (χ0) is 13.2. The lowest BCUT2D eigenvalue weighted by atomic mass is 10.2. The highest BCUT2D eigenvalue weighted by atomic mass is 16.5. The van der Waals surface area contributed by atoms with E-state index in [0.29, 0.717) is 6.04 Å². The molecule has 1 aromatic carbocycles. The van der Waals surface area contributed by atoms with Gasteiger partial charge in [-0.2, -0.15) is 0 Å². The molecule has 0 saturated carbocycles. The maximum absolute atomic E-state index is 5.36. The third kappa shape index (κ3) is 2.65. The first-order chi connectivity index (χ1) is 9.24. The minimum atomic E-state index is 0.648. The highest BCUT2D eigenvalue weighted by Crippen LogP contribution is 2.19. The number of rotatable bonds is 3. The Labute approximate surface area is 114 Å². The summed E-state index contributed by atoms with van der Waals surface area (Å²) in [4.78, 5) is 4.99. The van der Waals surface area contributed by atoms with Crippen molar-refractivity contribution in [3.8, 4) is 0 Å². The lowest BCUT2D eigenvalue weighted by Gasteiger charge is -2.36. The van der Waals surface area contributed by atoms with Crippen molar-refractivity contribution in [2.45, 2.75) is 26.4 Å². The summed E-state index contributed by atoms with van der Waals surface area (Å²) in [5.41, 5.74) is 1.95. The molecule has 4 heteroatoms. The molecule has 0 radical (unpaired) electrons. The maximum Gasteiger partial charge on any atom is 0.167 e. The van der Waals surface area contributed by atoms with Crippen LogP contribution in [0.5, 0.6) is 0 Å². The Balaban J connectivity index is 1.66. The normalized spacial score (nSPS) is 18.5. The lowest BCUT2D eigenvalue weighted by molar-refractivity contribution is 0.103. The fourth-order valence-electron chi connectivity index (χ4n) is 2.70. The molecule has 0 bridgehead atoms. The van der Waals surface area contributed by atoms with E-state index in [2.05, 4.69) is 34.9 Å². The van der Waals surface area contributed by atoms with Crippen LogP contribution in [0.1, 0.15) is 19.5 Å². The van der Waals surface area contributed by atoms with Gasteiger partial charge in [-0.3, -0.25) is 9.80 Å². The highest BCUT2D eigenvalue weighted by Gasteiger charge is 2.20. The summed E-state index contributed by atoms with van der Waals surface area (Å²) in [7, 11) is 0. The van der Waals surface area contributed by atoms with Crippen molar-refractivity contribution in [3.05, 3.63) is 30.0 Å². The maximum atomic E-state index is 5.36. The summed E-state index contributed by atoms with van der Waals surface area (Å²) in [6, 6.07) is 8.74. The van der Waals surface area contributed by atoms with Gasteiger partial charge in [0.25, 0.3) is 0 Å². The van der Waals surface area contributed by atoms with Crippen molar-refractivity contribution in [1.82, 2.24) is 15.0 Å². The second kappa shape index (κ2) is 5.31. The van der Waals surface area contributed by atoms with E-state index in [4.69, 9.17) is 4.52 Å². The van der Waals surface area contributed by atoms with E-state index in [0.717, 1.165) is 49.4 Å². The summed E-state index contributed by atoms with van der Waals surface area (Å²) >= 11 is 0. The van der Waals surface area contributed by atoms with Gasteiger partial charge in [0.15, 0.2) is 5.58 Å². The third-order valence-corrected chi connectivity index (χ3v) is 3.96. The molecular formula is C15H21N3O. The molecule has 1 aliphatic rings. The van der Waals surface area contributed by atoms with Crippen LogP contribution < -0.4 is 0 Å². The molecule has 2 aromatic rings. The minimum absolute atomic E-state index is 0.648. The summed E-state index contributed by atoms with van der Waals surface area (Å²) in [6.45, 7) is 9.93. The first-order valence-electron chi connectivity index (χ1n) is 7.04. The van der Waals surface area contributed by atoms with Gasteiger partial charge in [0.1, 0.15) is 5.69 Å². The van der Waals surface area contributed by atoms with Crippen LogP contribution in [-0.4, -0.2) is 47.2 Å². The van der Waals surface area contributed by atoms with Crippen LogP contribution in [0.15, 0.2) is 28.8 Å². The van der Waals surface area contributed by atoms with Crippen molar-refractivity contribution in [2.75, 3.05) is 26.2 Å². The van der Waals surface area contributed by atoms with Crippen LogP contribution in [0.2, 0.25) is 0 Å². The van der Waals surface area contributed by atoms with Crippen LogP contribution in [0.3, 0.4) is 0 Å². The monoisotopic (exact) mass is 259 g/mol. The van der Waals surface area contributed by atoms with Gasteiger partial charge in [0, 0.05) is 44.2 Å². The molecule has 19 heavy (non-hydrogen) atoms. The number of hydrogen-bond acceptors (Lipinski definition) is 4. The predicted octanol–water partition coefficient (Wildman–Crippen LogP) is 2.35. The molecule has 0 atom stereocenters. The van der Waals surface area contributed by atoms with Gasteiger partial charge in [-0.15, -0.1) is 0 Å². The molecule has 0 unspecified atom stereocenters. The number of fused-ring (bicyclic) bond motifs is 1. The zero-order valence-electron chi connectivity index (χ0n) is 11.7. The zero-order valence-corrected chi connectivity index (χ0v) is 11.7. The second-order valence-corrected chi connectivity index (χ2v) is 5.53. The molecule has 1 aromatic heterocycles. The quantitative estimate of drug-likeness (QED) is 0.847. The first-order valence-corrected chi connectivity index (χ1v) is 7.04. The van der Waals surface area contributed by atoms with Crippen LogP contribution in [0, 0.1) is 0 Å². The van der Waals surface area contributed by atoms with E-state index in [1.807, 2.05) is 18.2 Å². The Bertz CT molecular complexity index is 541. The summed E-state index contributed by atoms with van der Waals surface area (Å²) < 4.78 is 5.36. The average molecular weight is 259 g/mol. The van der Waals surface area contributed by atoms with Crippen molar-refractivity contribution < 1.29 is 4.52 Å². The van der Waals surface area contributed by atoms with Crippen LogP contribution in [-0.2, 0) is 6.54 Å². The number of piperazine rings is 1. The smallest absolute Gasteiger partial charge is 0.167 e. The number of nitrogens with zero attached hydrogens (tertiary/aromatic N) is 3. The molecule has 1 saturated heterocycles. The van der Waals surface area contributed by atoms with E-state index in [1.54, 1.807) is 0 Å². The molecule has 2 heterocycles. The fourth-order valence-corrected chi connectivity index (χ4v) is 2.70. The fraction of sp³-hybridized carbons (Fsp3) is 0.533. The second-order valence-electron chi connectivity index (χ2n) is 5.53. The van der Waals surface area contributed by atoms with Gasteiger partial charge >= 0.3 is 0 Å². The van der Waals surface area contributed by atoms with Crippen LogP contribution >= 0.6 is 0 Å². The van der Waals surface area contributed by atoms with Gasteiger partial charge in [-0.05, 0) is 26.0 Å². The lowest BCUT2D eigenvalue weighted by Crippen LogP contribution is -2.48. The Morgan fingerprint density at radius 1 is 1.16 bits per heavy atom. The number of benzene rings is 1. The van der Waals surface area contributed by atoms with Crippen LogP contribution in [0.4, 0.5) is 0 Å². The first kappa shape index (κ1) is 12.6. The van der Waals surface area contributed by atoms with Crippen molar-refractivity contribution >= 4 is 11.0 Å². The third-order valence-electron chi connectivity index (χ3n) is 3.96. The van der Waals surface area contributed by atoms with E-state index in [9.17, 15) is 0 Å². The molecule has 1 aliphatic heterocycles. The van der Waals surface area contributed by atoms with Crippen molar-refractivity contribution in [3.63, 3.8) is 0 Å². The van der Waals surface area contributed by atoms with E-state index >= 15 is 0 Å². The van der Waals surface area contributed by atoms with Crippen molar-refractivity contribution in [1.29, 1.82) is 0 Å². The molecule has 3 rings (SSSR count).